The van der Waals surface area contributed by atoms with Crippen molar-refractivity contribution in [2.24, 2.45) is 0 Å². The number of carboxylic acid groups (broad SMARTS) is 1. The molecule has 33 heavy (non-hydrogen) atoms. The number of carbonyl (C=O) groups is 1. The predicted molar refractivity (Wildman–Crippen MR) is 130 cm³/mol. The standard InChI is InChI=1S/C27H31NO5/c1-4-31-12-13-32-25-14-19(2)27(20(3)15-25)22-7-5-6-21(16-22)17-28-23-8-10-24(11-9-23)33-18-26(29)30/h5-11,14-16,28H,4,12-13,17-18H2,1-3H3,(H,29,30). The molecule has 0 amide bonds. The van der Waals surface area contributed by atoms with Crippen molar-refractivity contribution < 1.29 is 24.1 Å². The molecule has 3 aromatic carbocycles. The van der Waals surface area contributed by atoms with Crippen LogP contribution in [0, 0.1) is 13.8 Å². The minimum Gasteiger partial charge on any atom is -0.491 e. The fourth-order valence-corrected chi connectivity index (χ4v) is 3.68. The SMILES string of the molecule is CCOCCOc1cc(C)c(-c2cccc(CNc3ccc(OCC(=O)O)cc3)c2)c(C)c1. The van der Waals surface area contributed by atoms with Crippen LogP contribution in [0.15, 0.2) is 60.7 Å². The number of aryl methyl sites for hydroxylation is 2. The second-order valence-corrected chi connectivity index (χ2v) is 7.74. The summed E-state index contributed by atoms with van der Waals surface area (Å²) in [4.78, 5) is 10.6. The Morgan fingerprint density at radius 3 is 2.30 bits per heavy atom. The molecule has 0 aliphatic carbocycles. The summed E-state index contributed by atoms with van der Waals surface area (Å²) in [7, 11) is 0. The van der Waals surface area contributed by atoms with Gasteiger partial charge in [0, 0.05) is 18.8 Å². The molecule has 6 nitrogen and oxygen atoms in total. The summed E-state index contributed by atoms with van der Waals surface area (Å²) in [5, 5.41) is 12.1. The lowest BCUT2D eigenvalue weighted by molar-refractivity contribution is -0.139. The minimum absolute atomic E-state index is 0.348. The number of anilines is 1. The topological polar surface area (TPSA) is 77.0 Å². The zero-order valence-corrected chi connectivity index (χ0v) is 19.4. The van der Waals surface area contributed by atoms with Crippen LogP contribution in [0.1, 0.15) is 23.6 Å². The van der Waals surface area contributed by atoms with E-state index >= 15 is 0 Å². The molecule has 0 saturated carbocycles. The zero-order valence-electron chi connectivity index (χ0n) is 19.4. The van der Waals surface area contributed by atoms with Crippen LogP contribution in [0.3, 0.4) is 0 Å². The first-order chi connectivity index (χ1) is 16.0. The number of benzene rings is 3. The van der Waals surface area contributed by atoms with Crippen LogP contribution in [-0.2, 0) is 16.1 Å². The molecule has 2 N–H and O–H groups in total. The molecule has 0 atom stereocenters. The monoisotopic (exact) mass is 449 g/mol. The van der Waals surface area contributed by atoms with Crippen molar-refractivity contribution in [2.75, 3.05) is 31.7 Å². The van der Waals surface area contributed by atoms with E-state index in [1.807, 2.05) is 19.1 Å². The average molecular weight is 450 g/mol. The molecule has 0 spiro atoms. The highest BCUT2D eigenvalue weighted by Gasteiger charge is 2.09. The summed E-state index contributed by atoms with van der Waals surface area (Å²) in [5.41, 5.74) is 6.82. The van der Waals surface area contributed by atoms with E-state index in [1.165, 1.54) is 22.3 Å². The van der Waals surface area contributed by atoms with E-state index in [9.17, 15) is 4.79 Å². The van der Waals surface area contributed by atoms with Crippen LogP contribution in [0.25, 0.3) is 11.1 Å². The van der Waals surface area contributed by atoms with Crippen molar-refractivity contribution in [3.8, 4) is 22.6 Å². The normalized spacial score (nSPS) is 10.6. The van der Waals surface area contributed by atoms with Crippen LogP contribution < -0.4 is 14.8 Å². The summed E-state index contributed by atoms with van der Waals surface area (Å²) in [6.07, 6.45) is 0. The molecule has 3 rings (SSSR count). The van der Waals surface area contributed by atoms with Gasteiger partial charge in [-0.25, -0.2) is 4.79 Å². The van der Waals surface area contributed by atoms with Crippen molar-refractivity contribution in [1.29, 1.82) is 0 Å². The van der Waals surface area contributed by atoms with Crippen molar-refractivity contribution in [1.82, 2.24) is 0 Å². The largest absolute Gasteiger partial charge is 0.491 e. The molecular formula is C27H31NO5. The van der Waals surface area contributed by atoms with Gasteiger partial charge in [0.05, 0.1) is 6.61 Å². The Hall–Kier alpha value is -3.51. The molecule has 0 radical (unpaired) electrons. The second-order valence-electron chi connectivity index (χ2n) is 7.74. The third-order valence-electron chi connectivity index (χ3n) is 5.14. The van der Waals surface area contributed by atoms with E-state index in [1.54, 1.807) is 12.1 Å². The van der Waals surface area contributed by atoms with Crippen LogP contribution >= 0.6 is 0 Å². The van der Waals surface area contributed by atoms with Gasteiger partial charge in [0.2, 0.25) is 0 Å². The van der Waals surface area contributed by atoms with Crippen molar-refractivity contribution in [3.63, 3.8) is 0 Å². The molecule has 0 aliphatic rings. The molecule has 0 aliphatic heterocycles. The maximum atomic E-state index is 10.6. The molecule has 0 aromatic heterocycles. The van der Waals surface area contributed by atoms with Gasteiger partial charge >= 0.3 is 5.97 Å². The van der Waals surface area contributed by atoms with Gasteiger partial charge in [-0.1, -0.05) is 18.2 Å². The average Bonchev–Trinajstić information content (AvgIpc) is 2.80. The number of hydrogen-bond acceptors (Lipinski definition) is 5. The number of carboxylic acids is 1. The van der Waals surface area contributed by atoms with Gasteiger partial charge in [-0.05, 0) is 91.1 Å². The van der Waals surface area contributed by atoms with Gasteiger partial charge in [-0.2, -0.15) is 0 Å². The van der Waals surface area contributed by atoms with Crippen molar-refractivity contribution in [2.45, 2.75) is 27.3 Å². The summed E-state index contributed by atoms with van der Waals surface area (Å²) in [6.45, 7) is 8.33. The molecule has 0 saturated heterocycles. The summed E-state index contributed by atoms with van der Waals surface area (Å²) in [6, 6.07) is 19.9. The third-order valence-corrected chi connectivity index (χ3v) is 5.14. The molecule has 0 bridgehead atoms. The van der Waals surface area contributed by atoms with E-state index in [2.05, 4.69) is 55.6 Å². The van der Waals surface area contributed by atoms with Gasteiger partial charge < -0.3 is 24.6 Å². The third kappa shape index (κ3) is 7.26. The molecular weight excluding hydrogens is 418 g/mol. The summed E-state index contributed by atoms with van der Waals surface area (Å²) < 4.78 is 16.3. The first kappa shape index (κ1) is 24.1. The maximum Gasteiger partial charge on any atom is 0.341 e. The Morgan fingerprint density at radius 2 is 1.64 bits per heavy atom. The van der Waals surface area contributed by atoms with Gasteiger partial charge in [0.15, 0.2) is 6.61 Å². The molecule has 0 heterocycles. The fraction of sp³-hybridized carbons (Fsp3) is 0.296. The Bertz CT molecular complexity index is 1040. The number of rotatable bonds is 12. The Balaban J connectivity index is 1.65. The van der Waals surface area contributed by atoms with Crippen molar-refractivity contribution in [3.05, 3.63) is 77.4 Å². The van der Waals surface area contributed by atoms with E-state index < -0.39 is 5.97 Å². The Morgan fingerprint density at radius 1 is 0.909 bits per heavy atom. The predicted octanol–water partition coefficient (Wildman–Crippen LogP) is 5.46. The molecule has 0 unspecified atom stereocenters. The number of nitrogens with one attached hydrogen (secondary N) is 1. The molecule has 6 heteroatoms. The summed E-state index contributed by atoms with van der Waals surface area (Å²) >= 11 is 0. The van der Waals surface area contributed by atoms with Crippen molar-refractivity contribution >= 4 is 11.7 Å². The molecule has 174 valence electrons. The maximum absolute atomic E-state index is 10.6. The second kappa shape index (κ2) is 11.9. The van der Waals surface area contributed by atoms with Crippen LogP contribution in [0.5, 0.6) is 11.5 Å². The molecule has 3 aromatic rings. The van der Waals surface area contributed by atoms with E-state index in [0.29, 0.717) is 32.1 Å². The Kier molecular flexibility index (Phi) is 8.72. The van der Waals surface area contributed by atoms with E-state index in [-0.39, 0.29) is 6.61 Å². The first-order valence-electron chi connectivity index (χ1n) is 11.1. The first-order valence-corrected chi connectivity index (χ1v) is 11.1. The van der Waals surface area contributed by atoms with Crippen LogP contribution in [0.4, 0.5) is 5.69 Å². The van der Waals surface area contributed by atoms with Crippen LogP contribution in [-0.4, -0.2) is 37.5 Å². The summed E-state index contributed by atoms with van der Waals surface area (Å²) in [5.74, 6) is 0.398. The van der Waals surface area contributed by atoms with Gasteiger partial charge in [-0.15, -0.1) is 0 Å². The minimum atomic E-state index is -0.994. The number of aliphatic carboxylic acids is 1. The highest BCUT2D eigenvalue weighted by molar-refractivity contribution is 5.72. The van der Waals surface area contributed by atoms with Gasteiger partial charge in [0.1, 0.15) is 18.1 Å². The van der Waals surface area contributed by atoms with E-state index in [0.717, 1.165) is 17.0 Å². The van der Waals surface area contributed by atoms with Gasteiger partial charge in [-0.3, -0.25) is 0 Å². The zero-order chi connectivity index (χ0) is 23.6. The van der Waals surface area contributed by atoms with Gasteiger partial charge in [0.25, 0.3) is 0 Å². The lowest BCUT2D eigenvalue weighted by atomic mass is 9.94. The lowest BCUT2D eigenvalue weighted by Crippen LogP contribution is -2.09. The van der Waals surface area contributed by atoms with E-state index in [4.69, 9.17) is 19.3 Å². The number of ether oxygens (including phenoxy) is 3. The number of hydrogen-bond donors (Lipinski definition) is 2. The highest BCUT2D eigenvalue weighted by atomic mass is 16.5. The lowest BCUT2D eigenvalue weighted by Gasteiger charge is -2.15. The smallest absolute Gasteiger partial charge is 0.341 e. The fourth-order valence-electron chi connectivity index (χ4n) is 3.68. The quantitative estimate of drug-likeness (QED) is 0.358. The Labute approximate surface area is 195 Å². The van der Waals surface area contributed by atoms with Crippen LogP contribution in [0.2, 0.25) is 0 Å². The molecule has 0 fully saturated rings. The highest BCUT2D eigenvalue weighted by Crippen LogP contribution is 2.31.